The van der Waals surface area contributed by atoms with Gasteiger partial charge in [0.1, 0.15) is 11.6 Å². The predicted molar refractivity (Wildman–Crippen MR) is 74.8 cm³/mol. The summed E-state index contributed by atoms with van der Waals surface area (Å²) in [6.07, 6.45) is 0.851. The molecule has 1 N–H and O–H groups in total. The van der Waals surface area contributed by atoms with Gasteiger partial charge in [-0.05, 0) is 33.3 Å². The van der Waals surface area contributed by atoms with Crippen LogP contribution in [0.25, 0.3) is 0 Å². The number of amides is 2. The van der Waals surface area contributed by atoms with Gasteiger partial charge in [0.15, 0.2) is 0 Å². The maximum Gasteiger partial charge on any atom is 0.248 e. The molecule has 0 saturated carbocycles. The standard InChI is InChI=1S/C14H22N4O2/c1-6-10-7-11(17(5)16-10)8-18-9(2)12(19)15-14(3,4)13(18)20/h7,9H,6,8H2,1-5H3,(H,15,19). The molecule has 1 aliphatic heterocycles. The predicted octanol–water partition coefficient (Wildman–Crippen LogP) is 0.608. The molecule has 20 heavy (non-hydrogen) atoms. The zero-order chi connectivity index (χ0) is 15.1. The normalized spacial score (nSPS) is 22.1. The third-order valence-corrected chi connectivity index (χ3v) is 3.80. The van der Waals surface area contributed by atoms with Crippen molar-refractivity contribution in [3.05, 3.63) is 17.5 Å². The molecule has 0 bridgehead atoms. The van der Waals surface area contributed by atoms with Crippen LogP contribution in [0.5, 0.6) is 0 Å². The minimum Gasteiger partial charge on any atom is -0.340 e. The van der Waals surface area contributed by atoms with Crippen LogP contribution < -0.4 is 5.32 Å². The summed E-state index contributed by atoms with van der Waals surface area (Å²) in [5.41, 5.74) is 1.08. The third kappa shape index (κ3) is 2.42. The van der Waals surface area contributed by atoms with Crippen LogP contribution in [-0.2, 0) is 29.6 Å². The van der Waals surface area contributed by atoms with Crippen molar-refractivity contribution in [1.29, 1.82) is 0 Å². The van der Waals surface area contributed by atoms with Gasteiger partial charge >= 0.3 is 0 Å². The summed E-state index contributed by atoms with van der Waals surface area (Å²) in [4.78, 5) is 26.1. The Kier molecular flexibility index (Phi) is 3.58. The van der Waals surface area contributed by atoms with Crippen molar-refractivity contribution in [3.63, 3.8) is 0 Å². The first-order valence-electron chi connectivity index (χ1n) is 6.91. The Bertz CT molecular complexity index is 547. The van der Waals surface area contributed by atoms with E-state index in [1.54, 1.807) is 30.4 Å². The van der Waals surface area contributed by atoms with Crippen LogP contribution in [-0.4, -0.2) is 38.1 Å². The molecule has 0 aliphatic carbocycles. The average Bonchev–Trinajstić information content (AvgIpc) is 2.73. The SMILES string of the molecule is CCc1cc(CN2C(=O)C(C)(C)NC(=O)C2C)n(C)n1. The fraction of sp³-hybridized carbons (Fsp3) is 0.643. The highest BCUT2D eigenvalue weighted by Crippen LogP contribution is 2.20. The monoisotopic (exact) mass is 278 g/mol. The van der Waals surface area contributed by atoms with E-state index in [9.17, 15) is 9.59 Å². The zero-order valence-corrected chi connectivity index (χ0v) is 12.7. The summed E-state index contributed by atoms with van der Waals surface area (Å²) in [6, 6.07) is 1.52. The first-order chi connectivity index (χ1) is 9.26. The largest absolute Gasteiger partial charge is 0.340 e. The van der Waals surface area contributed by atoms with Gasteiger partial charge in [0.2, 0.25) is 11.8 Å². The van der Waals surface area contributed by atoms with E-state index in [1.165, 1.54) is 0 Å². The van der Waals surface area contributed by atoms with Crippen molar-refractivity contribution in [2.24, 2.45) is 7.05 Å². The van der Waals surface area contributed by atoms with E-state index in [1.807, 2.05) is 20.0 Å². The summed E-state index contributed by atoms with van der Waals surface area (Å²) < 4.78 is 1.78. The van der Waals surface area contributed by atoms with Crippen LogP contribution in [0.1, 0.15) is 39.1 Å². The molecule has 0 aromatic carbocycles. The number of carbonyl (C=O) groups is 2. The molecule has 2 amide bonds. The Labute approximate surface area is 119 Å². The minimum absolute atomic E-state index is 0.0659. The van der Waals surface area contributed by atoms with E-state index in [-0.39, 0.29) is 11.8 Å². The van der Waals surface area contributed by atoms with Crippen molar-refractivity contribution in [3.8, 4) is 0 Å². The fourth-order valence-electron chi connectivity index (χ4n) is 2.42. The molecule has 2 heterocycles. The molecule has 1 fully saturated rings. The highest BCUT2D eigenvalue weighted by Gasteiger charge is 2.43. The van der Waals surface area contributed by atoms with Crippen molar-refractivity contribution in [2.75, 3.05) is 0 Å². The molecular weight excluding hydrogens is 256 g/mol. The molecule has 1 aromatic rings. The van der Waals surface area contributed by atoms with Gasteiger partial charge in [-0.15, -0.1) is 0 Å². The molecule has 1 aliphatic rings. The van der Waals surface area contributed by atoms with Crippen LogP contribution in [0.15, 0.2) is 6.07 Å². The number of rotatable bonds is 3. The number of piperazine rings is 1. The lowest BCUT2D eigenvalue weighted by atomic mass is 9.97. The highest BCUT2D eigenvalue weighted by molar-refractivity contribution is 5.99. The van der Waals surface area contributed by atoms with Gasteiger partial charge in [0, 0.05) is 7.05 Å². The molecule has 110 valence electrons. The van der Waals surface area contributed by atoms with Crippen molar-refractivity contribution < 1.29 is 9.59 Å². The Morgan fingerprint density at radius 3 is 2.60 bits per heavy atom. The van der Waals surface area contributed by atoms with E-state index in [0.717, 1.165) is 17.8 Å². The maximum absolute atomic E-state index is 12.5. The van der Waals surface area contributed by atoms with Gasteiger partial charge in [-0.2, -0.15) is 5.10 Å². The molecule has 1 atom stereocenters. The second-order valence-corrected chi connectivity index (χ2v) is 5.83. The molecular formula is C14H22N4O2. The van der Waals surface area contributed by atoms with E-state index in [2.05, 4.69) is 10.4 Å². The molecule has 6 nitrogen and oxygen atoms in total. The first kappa shape index (κ1) is 14.6. The van der Waals surface area contributed by atoms with Crippen molar-refractivity contribution in [2.45, 2.75) is 52.2 Å². The molecule has 6 heteroatoms. The Hall–Kier alpha value is -1.85. The van der Waals surface area contributed by atoms with E-state index in [4.69, 9.17) is 0 Å². The van der Waals surface area contributed by atoms with Gasteiger partial charge in [0.05, 0.1) is 17.9 Å². The number of hydrogen-bond acceptors (Lipinski definition) is 3. The lowest BCUT2D eigenvalue weighted by Gasteiger charge is -2.41. The van der Waals surface area contributed by atoms with Gasteiger partial charge in [-0.3, -0.25) is 14.3 Å². The third-order valence-electron chi connectivity index (χ3n) is 3.80. The van der Waals surface area contributed by atoms with Crippen LogP contribution in [0.2, 0.25) is 0 Å². The van der Waals surface area contributed by atoms with Crippen LogP contribution in [0.3, 0.4) is 0 Å². The van der Waals surface area contributed by atoms with Crippen LogP contribution >= 0.6 is 0 Å². The molecule has 0 radical (unpaired) electrons. The summed E-state index contributed by atoms with van der Waals surface area (Å²) in [5.74, 6) is -0.184. The minimum atomic E-state index is -0.851. The number of aryl methyl sites for hydroxylation is 2. The lowest BCUT2D eigenvalue weighted by Crippen LogP contribution is -2.67. The molecule has 0 spiro atoms. The van der Waals surface area contributed by atoms with Crippen LogP contribution in [0, 0.1) is 0 Å². The summed E-state index contributed by atoms with van der Waals surface area (Å²) in [6.45, 7) is 7.65. The summed E-state index contributed by atoms with van der Waals surface area (Å²) in [7, 11) is 1.86. The van der Waals surface area contributed by atoms with E-state index >= 15 is 0 Å². The van der Waals surface area contributed by atoms with Gasteiger partial charge in [-0.25, -0.2) is 0 Å². The summed E-state index contributed by atoms with van der Waals surface area (Å²) in [5, 5.41) is 7.13. The van der Waals surface area contributed by atoms with Crippen molar-refractivity contribution >= 4 is 11.8 Å². The van der Waals surface area contributed by atoms with Crippen molar-refractivity contribution in [1.82, 2.24) is 20.0 Å². The number of aromatic nitrogens is 2. The lowest BCUT2D eigenvalue weighted by molar-refractivity contribution is -0.153. The average molecular weight is 278 g/mol. The number of nitrogens with zero attached hydrogens (tertiary/aromatic N) is 3. The molecule has 1 saturated heterocycles. The van der Waals surface area contributed by atoms with E-state index in [0.29, 0.717) is 6.54 Å². The molecule has 1 unspecified atom stereocenters. The quantitative estimate of drug-likeness (QED) is 0.881. The second kappa shape index (κ2) is 4.92. The van der Waals surface area contributed by atoms with Gasteiger partial charge < -0.3 is 10.2 Å². The fourth-order valence-corrected chi connectivity index (χ4v) is 2.42. The molecule has 1 aromatic heterocycles. The van der Waals surface area contributed by atoms with Gasteiger partial charge in [-0.1, -0.05) is 6.92 Å². The Morgan fingerprint density at radius 2 is 2.05 bits per heavy atom. The van der Waals surface area contributed by atoms with Crippen LogP contribution in [0.4, 0.5) is 0 Å². The molecule has 2 rings (SSSR count). The Balaban J connectivity index is 2.27. The zero-order valence-electron chi connectivity index (χ0n) is 12.7. The first-order valence-corrected chi connectivity index (χ1v) is 6.91. The maximum atomic E-state index is 12.5. The highest BCUT2D eigenvalue weighted by atomic mass is 16.2. The Morgan fingerprint density at radius 1 is 1.40 bits per heavy atom. The van der Waals surface area contributed by atoms with Gasteiger partial charge in [0.25, 0.3) is 0 Å². The van der Waals surface area contributed by atoms with E-state index < -0.39 is 11.6 Å². The second-order valence-electron chi connectivity index (χ2n) is 5.83. The number of carbonyl (C=O) groups excluding carboxylic acids is 2. The number of nitrogens with one attached hydrogen (secondary N) is 1. The number of hydrogen-bond donors (Lipinski definition) is 1. The smallest absolute Gasteiger partial charge is 0.248 e. The topological polar surface area (TPSA) is 67.2 Å². The summed E-state index contributed by atoms with van der Waals surface area (Å²) >= 11 is 0.